The number of hydrogen-bond donors (Lipinski definition) is 1. The quantitative estimate of drug-likeness (QED) is 0.763. The summed E-state index contributed by atoms with van der Waals surface area (Å²) in [5.41, 5.74) is 3.53. The molecule has 7 heteroatoms. The van der Waals surface area contributed by atoms with Crippen LogP contribution < -0.4 is 4.74 Å². The summed E-state index contributed by atoms with van der Waals surface area (Å²) in [6.45, 7) is 1.29. The lowest BCUT2D eigenvalue weighted by molar-refractivity contribution is -0.143. The van der Waals surface area contributed by atoms with Crippen LogP contribution >= 0.6 is 0 Å². The monoisotopic (exact) mass is 362 g/mol. The predicted octanol–water partition coefficient (Wildman–Crippen LogP) is 2.56. The summed E-state index contributed by atoms with van der Waals surface area (Å²) >= 11 is 0. The fourth-order valence-corrected chi connectivity index (χ4v) is 3.36. The summed E-state index contributed by atoms with van der Waals surface area (Å²) in [4.78, 5) is 26.2. The van der Waals surface area contributed by atoms with Crippen LogP contribution in [0.2, 0.25) is 0 Å². The van der Waals surface area contributed by atoms with Crippen LogP contribution in [0.3, 0.4) is 0 Å². The van der Waals surface area contributed by atoms with E-state index in [0.29, 0.717) is 31.1 Å². The third-order valence-electron chi connectivity index (χ3n) is 4.58. The van der Waals surface area contributed by atoms with E-state index in [1.807, 2.05) is 47.5 Å². The maximum atomic E-state index is 12.1. The number of carboxylic acids is 1. The van der Waals surface area contributed by atoms with Crippen LogP contribution in [0.4, 0.5) is 0 Å². The van der Waals surface area contributed by atoms with Crippen LogP contribution in [0.1, 0.15) is 17.2 Å². The SMILES string of the molecule is O=C(O)C1c2cncnc2OCCN1Cc1ccccc1-c1cccnc1. The van der Waals surface area contributed by atoms with E-state index in [1.165, 1.54) is 12.5 Å². The van der Waals surface area contributed by atoms with Gasteiger partial charge in [-0.15, -0.1) is 0 Å². The summed E-state index contributed by atoms with van der Waals surface area (Å²) in [5, 5.41) is 9.88. The van der Waals surface area contributed by atoms with Gasteiger partial charge in [0, 0.05) is 37.2 Å². The number of hydrogen-bond acceptors (Lipinski definition) is 6. The Bertz CT molecular complexity index is 949. The zero-order valence-electron chi connectivity index (χ0n) is 14.5. The molecule has 0 amide bonds. The molecular weight excluding hydrogens is 344 g/mol. The van der Waals surface area contributed by atoms with Gasteiger partial charge in [0.1, 0.15) is 19.0 Å². The smallest absolute Gasteiger partial charge is 0.325 e. The van der Waals surface area contributed by atoms with Gasteiger partial charge in [-0.3, -0.25) is 14.7 Å². The fourth-order valence-electron chi connectivity index (χ4n) is 3.36. The maximum absolute atomic E-state index is 12.1. The average molecular weight is 362 g/mol. The van der Waals surface area contributed by atoms with Crippen molar-refractivity contribution < 1.29 is 14.6 Å². The molecule has 27 heavy (non-hydrogen) atoms. The highest BCUT2D eigenvalue weighted by molar-refractivity contribution is 5.76. The summed E-state index contributed by atoms with van der Waals surface area (Å²) in [7, 11) is 0. The van der Waals surface area contributed by atoms with Crippen LogP contribution in [0.15, 0.2) is 61.3 Å². The van der Waals surface area contributed by atoms with Crippen LogP contribution in [-0.2, 0) is 11.3 Å². The zero-order chi connectivity index (χ0) is 18.6. The number of aliphatic carboxylic acids is 1. The highest BCUT2D eigenvalue weighted by Crippen LogP contribution is 2.32. The van der Waals surface area contributed by atoms with Gasteiger partial charge in [0.25, 0.3) is 0 Å². The lowest BCUT2D eigenvalue weighted by atomic mass is 9.99. The standard InChI is InChI=1S/C20H18N4O3/c25-20(26)18-17-11-22-13-23-19(17)27-9-8-24(18)12-15-4-1-2-6-16(15)14-5-3-7-21-10-14/h1-7,10-11,13,18H,8-9,12H2,(H,25,26). The van der Waals surface area contributed by atoms with Crippen molar-refractivity contribution in [1.82, 2.24) is 19.9 Å². The van der Waals surface area contributed by atoms with Crippen molar-refractivity contribution in [3.8, 4) is 17.0 Å². The van der Waals surface area contributed by atoms with E-state index >= 15 is 0 Å². The highest BCUT2D eigenvalue weighted by Gasteiger charge is 2.33. The molecule has 1 aliphatic rings. The molecule has 1 atom stereocenters. The molecule has 0 fully saturated rings. The van der Waals surface area contributed by atoms with E-state index in [-0.39, 0.29) is 0 Å². The van der Waals surface area contributed by atoms with Gasteiger partial charge in [0.05, 0.1) is 5.56 Å². The summed E-state index contributed by atoms with van der Waals surface area (Å²) in [6, 6.07) is 11.0. The Morgan fingerprint density at radius 2 is 2.07 bits per heavy atom. The number of nitrogens with zero attached hydrogens (tertiary/aromatic N) is 4. The number of rotatable bonds is 4. The predicted molar refractivity (Wildman–Crippen MR) is 98.0 cm³/mol. The largest absolute Gasteiger partial charge is 0.480 e. The number of ether oxygens (including phenoxy) is 1. The molecule has 0 bridgehead atoms. The number of benzene rings is 1. The van der Waals surface area contributed by atoms with Gasteiger partial charge in [-0.1, -0.05) is 30.3 Å². The van der Waals surface area contributed by atoms with Gasteiger partial charge >= 0.3 is 5.97 Å². The zero-order valence-corrected chi connectivity index (χ0v) is 14.5. The molecule has 2 aromatic heterocycles. The molecule has 1 N–H and O–H groups in total. The van der Waals surface area contributed by atoms with E-state index in [1.54, 1.807) is 6.20 Å². The van der Waals surface area contributed by atoms with E-state index in [2.05, 4.69) is 15.0 Å². The Hall–Kier alpha value is -3.32. The van der Waals surface area contributed by atoms with Crippen molar-refractivity contribution >= 4 is 5.97 Å². The Morgan fingerprint density at radius 1 is 1.19 bits per heavy atom. The normalized spacial score (nSPS) is 16.8. The second-order valence-electron chi connectivity index (χ2n) is 6.24. The molecule has 1 aliphatic heterocycles. The molecule has 0 aliphatic carbocycles. The van der Waals surface area contributed by atoms with E-state index < -0.39 is 12.0 Å². The summed E-state index contributed by atoms with van der Waals surface area (Å²) in [5.74, 6) is -0.615. The summed E-state index contributed by atoms with van der Waals surface area (Å²) in [6.07, 6.45) is 6.43. The lowest BCUT2D eigenvalue weighted by Crippen LogP contribution is -2.34. The molecule has 0 radical (unpaired) electrons. The van der Waals surface area contributed by atoms with Crippen molar-refractivity contribution in [1.29, 1.82) is 0 Å². The Kier molecular flexibility index (Phi) is 4.76. The van der Waals surface area contributed by atoms with Crippen LogP contribution in [0, 0.1) is 0 Å². The minimum absolute atomic E-state index is 0.334. The van der Waals surface area contributed by atoms with Gasteiger partial charge in [-0.2, -0.15) is 0 Å². The first-order valence-corrected chi connectivity index (χ1v) is 8.62. The minimum Gasteiger partial charge on any atom is -0.480 e. The topological polar surface area (TPSA) is 88.4 Å². The molecule has 3 heterocycles. The molecule has 7 nitrogen and oxygen atoms in total. The molecule has 4 rings (SSSR count). The molecule has 3 aromatic rings. The summed E-state index contributed by atoms with van der Waals surface area (Å²) < 4.78 is 5.65. The van der Waals surface area contributed by atoms with E-state index in [4.69, 9.17) is 4.74 Å². The Balaban J connectivity index is 1.71. The highest BCUT2D eigenvalue weighted by atomic mass is 16.5. The van der Waals surface area contributed by atoms with Crippen LogP contribution in [0.25, 0.3) is 11.1 Å². The van der Waals surface area contributed by atoms with Crippen LogP contribution in [0.5, 0.6) is 5.88 Å². The molecule has 1 unspecified atom stereocenters. The molecule has 0 saturated carbocycles. The van der Waals surface area contributed by atoms with Gasteiger partial charge in [0.2, 0.25) is 5.88 Å². The first-order chi connectivity index (χ1) is 13.2. The van der Waals surface area contributed by atoms with Crippen LogP contribution in [-0.4, -0.2) is 44.1 Å². The van der Waals surface area contributed by atoms with Gasteiger partial charge in [0.15, 0.2) is 0 Å². The molecule has 1 aromatic carbocycles. The van der Waals surface area contributed by atoms with E-state index in [0.717, 1.165) is 16.7 Å². The number of carboxylic acid groups (broad SMARTS) is 1. The minimum atomic E-state index is -0.949. The number of carbonyl (C=O) groups is 1. The third-order valence-corrected chi connectivity index (χ3v) is 4.58. The Labute approximate surface area is 156 Å². The lowest BCUT2D eigenvalue weighted by Gasteiger charge is -2.27. The third kappa shape index (κ3) is 3.50. The molecule has 136 valence electrons. The van der Waals surface area contributed by atoms with Gasteiger partial charge < -0.3 is 9.84 Å². The van der Waals surface area contributed by atoms with Crippen molar-refractivity contribution in [3.05, 3.63) is 72.4 Å². The Morgan fingerprint density at radius 3 is 2.89 bits per heavy atom. The molecule has 0 saturated heterocycles. The first-order valence-electron chi connectivity index (χ1n) is 8.62. The molecular formula is C20H18N4O3. The maximum Gasteiger partial charge on any atom is 0.325 e. The fraction of sp³-hybridized carbons (Fsp3) is 0.200. The van der Waals surface area contributed by atoms with Gasteiger partial charge in [-0.25, -0.2) is 9.97 Å². The molecule has 0 spiro atoms. The second-order valence-corrected chi connectivity index (χ2v) is 6.24. The van der Waals surface area contributed by atoms with Gasteiger partial charge in [-0.05, 0) is 17.2 Å². The second kappa shape index (κ2) is 7.51. The first kappa shape index (κ1) is 17.1. The van der Waals surface area contributed by atoms with Crippen molar-refractivity contribution in [2.45, 2.75) is 12.6 Å². The number of aromatic nitrogens is 3. The number of fused-ring (bicyclic) bond motifs is 1. The number of pyridine rings is 1. The van der Waals surface area contributed by atoms with Crippen molar-refractivity contribution in [2.24, 2.45) is 0 Å². The van der Waals surface area contributed by atoms with Crippen molar-refractivity contribution in [2.75, 3.05) is 13.2 Å². The van der Waals surface area contributed by atoms with E-state index in [9.17, 15) is 9.90 Å². The van der Waals surface area contributed by atoms with Crippen molar-refractivity contribution in [3.63, 3.8) is 0 Å². The average Bonchev–Trinajstić information content (AvgIpc) is 2.88.